The van der Waals surface area contributed by atoms with Crippen LogP contribution in [-0.4, -0.2) is 57.0 Å². The predicted octanol–water partition coefficient (Wildman–Crippen LogP) is 3.29. The van der Waals surface area contributed by atoms with Crippen molar-refractivity contribution in [2.24, 2.45) is 4.99 Å². The van der Waals surface area contributed by atoms with E-state index in [4.69, 9.17) is 13.5 Å². The maximum absolute atomic E-state index is 11.4. The maximum atomic E-state index is 11.4. The van der Waals surface area contributed by atoms with Crippen molar-refractivity contribution in [1.82, 2.24) is 15.5 Å². The van der Waals surface area contributed by atoms with Crippen molar-refractivity contribution in [3.05, 3.63) is 71.9 Å². The summed E-state index contributed by atoms with van der Waals surface area (Å²) < 4.78 is 38.3. The average Bonchev–Trinajstić information content (AvgIpc) is 3.30. The van der Waals surface area contributed by atoms with Crippen LogP contribution in [0.5, 0.6) is 0 Å². The number of nitrogens with one attached hydrogen (secondary N) is 1. The van der Waals surface area contributed by atoms with Gasteiger partial charge >= 0.3 is 0 Å². The summed E-state index contributed by atoms with van der Waals surface area (Å²) in [7, 11) is -3.71. The lowest BCUT2D eigenvalue weighted by Crippen LogP contribution is -2.47. The molecule has 0 aliphatic carbocycles. The summed E-state index contributed by atoms with van der Waals surface area (Å²) in [4.78, 5) is 6.22. The third-order valence-corrected chi connectivity index (χ3v) is 5.67. The molecule has 0 bridgehead atoms. The smallest absolute Gasteiger partial charge is 0.285 e. The third-order valence-electron chi connectivity index (χ3n) is 5.29. The van der Waals surface area contributed by atoms with Crippen LogP contribution in [0.2, 0.25) is 0 Å². The van der Waals surface area contributed by atoms with E-state index in [0.717, 1.165) is 22.9 Å². The molecule has 1 N–H and O–H groups in total. The second kappa shape index (κ2) is 10.2. The molecule has 1 fully saturated rings. The molecule has 1 saturated heterocycles. The number of nitrogens with zero attached hydrogens (tertiary/aromatic N) is 3. The van der Waals surface area contributed by atoms with Gasteiger partial charge in [0.15, 0.2) is 0 Å². The SMILES string of the molecule is CC(c1ccc(-c2ccccc2)cc1)c1cc(N=C(NOS(C)(=O)=O)N2CCOCC2)on1. The van der Waals surface area contributed by atoms with Crippen molar-refractivity contribution in [1.29, 1.82) is 0 Å². The van der Waals surface area contributed by atoms with E-state index in [2.05, 4.69) is 52.0 Å². The number of benzene rings is 2. The quantitative estimate of drug-likeness (QED) is 0.332. The number of hydrogen-bond donors (Lipinski definition) is 1. The van der Waals surface area contributed by atoms with Crippen LogP contribution in [0.4, 0.5) is 5.88 Å². The maximum Gasteiger partial charge on any atom is 0.285 e. The van der Waals surface area contributed by atoms with Gasteiger partial charge in [-0.05, 0) is 16.7 Å². The van der Waals surface area contributed by atoms with Gasteiger partial charge in [0.2, 0.25) is 5.96 Å². The van der Waals surface area contributed by atoms with Gasteiger partial charge < -0.3 is 14.2 Å². The van der Waals surface area contributed by atoms with Crippen LogP contribution < -0.4 is 5.48 Å². The second-order valence-electron chi connectivity index (χ2n) is 7.72. The normalized spacial score (nSPS) is 15.9. The first-order valence-electron chi connectivity index (χ1n) is 10.6. The molecule has 3 aromatic rings. The molecule has 1 atom stereocenters. The molecule has 1 aliphatic heterocycles. The Bertz CT molecular complexity index is 1190. The fourth-order valence-electron chi connectivity index (χ4n) is 3.45. The van der Waals surface area contributed by atoms with Crippen LogP contribution >= 0.6 is 0 Å². The molecule has 2 aromatic carbocycles. The molecule has 4 rings (SSSR count). The summed E-state index contributed by atoms with van der Waals surface area (Å²) in [5, 5.41) is 4.17. The lowest BCUT2D eigenvalue weighted by atomic mass is 9.95. The van der Waals surface area contributed by atoms with Gasteiger partial charge in [0.1, 0.15) is 0 Å². The topological polar surface area (TPSA) is 106 Å². The molecule has 0 amide bonds. The lowest BCUT2D eigenvalue weighted by Gasteiger charge is -2.29. The van der Waals surface area contributed by atoms with Gasteiger partial charge in [-0.15, -0.1) is 4.28 Å². The zero-order valence-electron chi connectivity index (χ0n) is 18.5. The highest BCUT2D eigenvalue weighted by Crippen LogP contribution is 2.28. The fraction of sp³-hybridized carbons (Fsp3) is 0.304. The first kappa shape index (κ1) is 23.0. The van der Waals surface area contributed by atoms with Gasteiger partial charge in [-0.2, -0.15) is 13.4 Å². The second-order valence-corrected chi connectivity index (χ2v) is 9.30. The monoisotopic (exact) mass is 470 g/mol. The minimum atomic E-state index is -3.71. The first-order chi connectivity index (χ1) is 15.9. The molecule has 2 heterocycles. The number of aliphatic imine (C=N–C) groups is 1. The van der Waals surface area contributed by atoms with Gasteiger partial charge in [-0.25, -0.2) is 5.48 Å². The number of guanidine groups is 1. The minimum Gasteiger partial charge on any atom is -0.378 e. The fourth-order valence-corrected chi connectivity index (χ4v) is 3.68. The Labute approximate surface area is 193 Å². The van der Waals surface area contributed by atoms with E-state index in [-0.39, 0.29) is 17.8 Å². The number of morpholine rings is 1. The highest BCUT2D eigenvalue weighted by Gasteiger charge is 2.19. The Kier molecular flexibility index (Phi) is 7.07. The number of hydroxylamine groups is 1. The molecule has 1 aromatic heterocycles. The molecule has 9 nitrogen and oxygen atoms in total. The van der Waals surface area contributed by atoms with Gasteiger partial charge in [-0.3, -0.25) is 0 Å². The van der Waals surface area contributed by atoms with Crippen LogP contribution in [0.3, 0.4) is 0 Å². The van der Waals surface area contributed by atoms with E-state index in [1.807, 2.05) is 30.0 Å². The number of ether oxygens (including phenoxy) is 1. The van der Waals surface area contributed by atoms with E-state index in [1.54, 1.807) is 6.07 Å². The van der Waals surface area contributed by atoms with E-state index < -0.39 is 10.1 Å². The summed E-state index contributed by atoms with van der Waals surface area (Å²) in [5.74, 6) is 0.435. The van der Waals surface area contributed by atoms with Crippen molar-refractivity contribution in [2.45, 2.75) is 12.8 Å². The molecule has 174 valence electrons. The number of rotatable bonds is 6. The van der Waals surface area contributed by atoms with E-state index in [0.29, 0.717) is 32.0 Å². The molecular formula is C23H26N4O5S. The Balaban J connectivity index is 1.51. The largest absolute Gasteiger partial charge is 0.378 e. The highest BCUT2D eigenvalue weighted by molar-refractivity contribution is 7.85. The summed E-state index contributed by atoms with van der Waals surface area (Å²) in [6.07, 6.45) is 0.953. The van der Waals surface area contributed by atoms with Crippen molar-refractivity contribution < 1.29 is 22.0 Å². The van der Waals surface area contributed by atoms with Gasteiger partial charge in [0, 0.05) is 25.1 Å². The van der Waals surface area contributed by atoms with Gasteiger partial charge in [0.05, 0.1) is 25.2 Å². The average molecular weight is 471 g/mol. The Hall–Kier alpha value is -3.21. The van der Waals surface area contributed by atoms with Crippen molar-refractivity contribution in [3.8, 4) is 11.1 Å². The van der Waals surface area contributed by atoms with Crippen molar-refractivity contribution >= 4 is 22.0 Å². The molecule has 0 radical (unpaired) electrons. The van der Waals surface area contributed by atoms with Gasteiger partial charge in [-0.1, -0.05) is 66.7 Å². The van der Waals surface area contributed by atoms with Gasteiger partial charge in [0.25, 0.3) is 16.0 Å². The molecular weight excluding hydrogens is 444 g/mol. The summed E-state index contributed by atoms with van der Waals surface area (Å²) in [6, 6.07) is 20.2. The Morgan fingerprint density at radius 2 is 1.76 bits per heavy atom. The molecule has 1 aliphatic rings. The predicted molar refractivity (Wildman–Crippen MR) is 124 cm³/mol. The minimum absolute atomic E-state index is 0.0189. The molecule has 0 saturated carbocycles. The molecule has 1 unspecified atom stereocenters. The van der Waals surface area contributed by atoms with Crippen LogP contribution in [0, 0.1) is 0 Å². The summed E-state index contributed by atoms with van der Waals surface area (Å²) in [5.41, 5.74) is 6.52. The number of aromatic nitrogens is 1. The van der Waals surface area contributed by atoms with E-state index in [1.165, 1.54) is 0 Å². The van der Waals surface area contributed by atoms with Crippen LogP contribution in [0.15, 0.2) is 70.2 Å². The van der Waals surface area contributed by atoms with Crippen molar-refractivity contribution in [2.75, 3.05) is 32.6 Å². The molecule has 10 heteroatoms. The van der Waals surface area contributed by atoms with Crippen LogP contribution in [0.25, 0.3) is 11.1 Å². The zero-order valence-corrected chi connectivity index (χ0v) is 19.3. The summed E-state index contributed by atoms with van der Waals surface area (Å²) in [6.45, 7) is 4.10. The van der Waals surface area contributed by atoms with E-state index in [9.17, 15) is 8.42 Å². The molecule has 33 heavy (non-hydrogen) atoms. The Morgan fingerprint density at radius 3 is 2.42 bits per heavy atom. The number of hydrogen-bond acceptors (Lipinski definition) is 7. The zero-order chi connectivity index (χ0) is 23.3. The van der Waals surface area contributed by atoms with Crippen LogP contribution in [0.1, 0.15) is 24.1 Å². The molecule has 0 spiro atoms. The van der Waals surface area contributed by atoms with Crippen molar-refractivity contribution in [3.63, 3.8) is 0 Å². The van der Waals surface area contributed by atoms with E-state index >= 15 is 0 Å². The highest BCUT2D eigenvalue weighted by atomic mass is 32.2. The first-order valence-corrected chi connectivity index (χ1v) is 12.4. The lowest BCUT2D eigenvalue weighted by molar-refractivity contribution is 0.0628. The Morgan fingerprint density at radius 1 is 1.09 bits per heavy atom. The van der Waals surface area contributed by atoms with Crippen LogP contribution in [-0.2, 0) is 19.1 Å². The summed E-state index contributed by atoms with van der Waals surface area (Å²) >= 11 is 0. The standard InChI is InChI=1S/C23H26N4O5S/c1-17(18-8-10-20(11-9-18)19-6-4-3-5-7-19)21-16-22(31-25-21)24-23(26-32-33(2,28)29)27-12-14-30-15-13-27/h3-11,16-17H,12-15H2,1-2H3,(H,24,26). The third kappa shape index (κ3) is 6.19.